The van der Waals surface area contributed by atoms with Crippen LogP contribution in [0.25, 0.3) is 0 Å². The van der Waals surface area contributed by atoms with E-state index in [0.29, 0.717) is 18.0 Å². The van der Waals surface area contributed by atoms with Gasteiger partial charge in [0.2, 0.25) is 0 Å². The molecule has 0 spiro atoms. The van der Waals surface area contributed by atoms with Crippen LogP contribution in [-0.2, 0) is 6.42 Å². The zero-order valence-electron chi connectivity index (χ0n) is 13.7. The Hall–Kier alpha value is -1.44. The molecule has 1 saturated carbocycles. The van der Waals surface area contributed by atoms with E-state index >= 15 is 0 Å². The lowest BCUT2D eigenvalue weighted by atomic mass is 10.1. The number of hydrogen-bond donors (Lipinski definition) is 2. The number of terminal acetylenes is 1. The molecule has 1 unspecified atom stereocenters. The van der Waals surface area contributed by atoms with E-state index in [0.717, 1.165) is 18.4 Å². The second-order valence-corrected chi connectivity index (χ2v) is 7.87. The van der Waals surface area contributed by atoms with Gasteiger partial charge in [-0.2, -0.15) is 0 Å². The standard InChI is InChI=1S/C19H23FN2S/c1-4-11-21-19(16-8-9-16)22-18(14(3)23-19)10-7-15-6-5-13(2)17(20)12-15/h1,5-6,12,16,21-22H,7-11H2,2-3H3. The molecule has 2 N–H and O–H groups in total. The molecule has 0 saturated heterocycles. The Morgan fingerprint density at radius 3 is 2.83 bits per heavy atom. The van der Waals surface area contributed by atoms with Crippen molar-refractivity contribution in [2.75, 3.05) is 6.54 Å². The third-order valence-electron chi connectivity index (χ3n) is 4.58. The van der Waals surface area contributed by atoms with Crippen LogP contribution in [0, 0.1) is 31.0 Å². The van der Waals surface area contributed by atoms with Crippen LogP contribution in [0.4, 0.5) is 4.39 Å². The molecule has 1 aliphatic carbocycles. The van der Waals surface area contributed by atoms with Crippen molar-refractivity contribution in [1.29, 1.82) is 0 Å². The van der Waals surface area contributed by atoms with Gasteiger partial charge in [0.25, 0.3) is 0 Å². The molecule has 4 heteroatoms. The molecule has 1 heterocycles. The van der Waals surface area contributed by atoms with Gasteiger partial charge in [0.05, 0.1) is 6.54 Å². The number of allylic oxidation sites excluding steroid dienone is 2. The fourth-order valence-electron chi connectivity index (χ4n) is 3.02. The number of thioether (sulfide) groups is 1. The molecule has 122 valence electrons. The fraction of sp³-hybridized carbons (Fsp3) is 0.474. The van der Waals surface area contributed by atoms with Crippen LogP contribution in [0.1, 0.15) is 37.3 Å². The minimum Gasteiger partial charge on any atom is -0.361 e. The van der Waals surface area contributed by atoms with Crippen LogP contribution >= 0.6 is 11.8 Å². The number of halogens is 1. The van der Waals surface area contributed by atoms with Gasteiger partial charge in [-0.15, -0.1) is 6.42 Å². The minimum atomic E-state index is -0.135. The summed E-state index contributed by atoms with van der Waals surface area (Å²) in [5, 5.41) is 7.19. The number of aryl methyl sites for hydroxylation is 2. The molecular formula is C19H23FN2S. The molecule has 1 atom stereocenters. The smallest absolute Gasteiger partial charge is 0.144 e. The summed E-state index contributed by atoms with van der Waals surface area (Å²) in [6.07, 6.45) is 9.63. The molecule has 2 nitrogen and oxygen atoms in total. The first kappa shape index (κ1) is 16.4. The summed E-state index contributed by atoms with van der Waals surface area (Å²) in [4.78, 5) is 1.18. The van der Waals surface area contributed by atoms with Gasteiger partial charge in [0, 0.05) is 16.5 Å². The number of benzene rings is 1. The van der Waals surface area contributed by atoms with Crippen LogP contribution in [0.15, 0.2) is 28.8 Å². The lowest BCUT2D eigenvalue weighted by molar-refractivity contribution is 0.388. The lowest BCUT2D eigenvalue weighted by Gasteiger charge is -2.31. The molecule has 0 bridgehead atoms. The Balaban J connectivity index is 1.65. The highest BCUT2D eigenvalue weighted by atomic mass is 32.2. The van der Waals surface area contributed by atoms with Crippen molar-refractivity contribution in [2.24, 2.45) is 5.92 Å². The zero-order chi connectivity index (χ0) is 16.4. The summed E-state index contributed by atoms with van der Waals surface area (Å²) in [6, 6.07) is 5.52. The first-order valence-corrected chi connectivity index (χ1v) is 8.96. The van der Waals surface area contributed by atoms with Gasteiger partial charge in [-0.1, -0.05) is 29.8 Å². The molecule has 0 amide bonds. The maximum atomic E-state index is 13.7. The molecule has 1 aromatic carbocycles. The maximum absolute atomic E-state index is 13.7. The van der Waals surface area contributed by atoms with Crippen molar-refractivity contribution in [3.63, 3.8) is 0 Å². The van der Waals surface area contributed by atoms with E-state index in [1.54, 1.807) is 13.0 Å². The van der Waals surface area contributed by atoms with E-state index in [1.807, 2.05) is 23.9 Å². The highest BCUT2D eigenvalue weighted by Crippen LogP contribution is 2.51. The van der Waals surface area contributed by atoms with Crippen LogP contribution < -0.4 is 10.6 Å². The molecule has 23 heavy (non-hydrogen) atoms. The second-order valence-electron chi connectivity index (χ2n) is 6.41. The Morgan fingerprint density at radius 2 is 2.17 bits per heavy atom. The number of nitrogens with one attached hydrogen (secondary N) is 2. The SMILES string of the molecule is C#CCNC1(C2CC2)NC(CCc2ccc(C)c(F)c2)=C(C)S1. The lowest BCUT2D eigenvalue weighted by Crippen LogP contribution is -2.53. The Labute approximate surface area is 142 Å². The zero-order valence-corrected chi connectivity index (χ0v) is 14.5. The Bertz CT molecular complexity index is 672. The van der Waals surface area contributed by atoms with Gasteiger partial charge >= 0.3 is 0 Å². The average Bonchev–Trinajstić information content (AvgIpc) is 3.33. The first-order valence-electron chi connectivity index (χ1n) is 8.14. The first-order chi connectivity index (χ1) is 11.0. The van der Waals surface area contributed by atoms with Crippen molar-refractivity contribution in [2.45, 2.75) is 44.5 Å². The van der Waals surface area contributed by atoms with Gasteiger partial charge in [0.1, 0.15) is 10.8 Å². The predicted molar refractivity (Wildman–Crippen MR) is 95.2 cm³/mol. The van der Waals surface area contributed by atoms with Crippen molar-refractivity contribution in [3.8, 4) is 12.3 Å². The van der Waals surface area contributed by atoms with Crippen LogP contribution in [-0.4, -0.2) is 11.5 Å². The van der Waals surface area contributed by atoms with E-state index in [1.165, 1.54) is 23.4 Å². The summed E-state index contributed by atoms with van der Waals surface area (Å²) < 4.78 is 13.7. The predicted octanol–water partition coefficient (Wildman–Crippen LogP) is 3.92. The van der Waals surface area contributed by atoms with Gasteiger partial charge in [0.15, 0.2) is 0 Å². The molecule has 2 aliphatic rings. The highest BCUT2D eigenvalue weighted by molar-refractivity contribution is 8.04. The van der Waals surface area contributed by atoms with E-state index in [2.05, 4.69) is 23.5 Å². The van der Waals surface area contributed by atoms with Gasteiger partial charge < -0.3 is 5.32 Å². The van der Waals surface area contributed by atoms with E-state index in [9.17, 15) is 4.39 Å². The molecular weight excluding hydrogens is 307 g/mol. The molecule has 1 aliphatic heterocycles. The topological polar surface area (TPSA) is 24.1 Å². The third kappa shape index (κ3) is 3.57. The highest BCUT2D eigenvalue weighted by Gasteiger charge is 2.49. The number of hydrogen-bond acceptors (Lipinski definition) is 3. The fourth-order valence-corrected chi connectivity index (χ4v) is 4.50. The quantitative estimate of drug-likeness (QED) is 0.773. The largest absolute Gasteiger partial charge is 0.361 e. The van der Waals surface area contributed by atoms with E-state index in [4.69, 9.17) is 6.42 Å². The summed E-state index contributed by atoms with van der Waals surface area (Å²) in [6.45, 7) is 4.52. The van der Waals surface area contributed by atoms with Crippen LogP contribution in [0.3, 0.4) is 0 Å². The van der Waals surface area contributed by atoms with Crippen LogP contribution in [0.5, 0.6) is 0 Å². The van der Waals surface area contributed by atoms with Gasteiger partial charge in [-0.3, -0.25) is 5.32 Å². The molecule has 1 fully saturated rings. The number of rotatable bonds is 6. The molecule has 3 rings (SSSR count). The average molecular weight is 330 g/mol. The maximum Gasteiger partial charge on any atom is 0.144 e. The van der Waals surface area contributed by atoms with Crippen molar-refractivity contribution >= 4 is 11.8 Å². The summed E-state index contributed by atoms with van der Waals surface area (Å²) >= 11 is 1.86. The second kappa shape index (κ2) is 6.59. The third-order valence-corrected chi connectivity index (χ3v) is 6.04. The monoisotopic (exact) mass is 330 g/mol. The van der Waals surface area contributed by atoms with E-state index < -0.39 is 0 Å². The van der Waals surface area contributed by atoms with Crippen molar-refractivity contribution in [3.05, 3.63) is 45.7 Å². The van der Waals surface area contributed by atoms with E-state index in [-0.39, 0.29) is 10.8 Å². The normalized spacial score (nSPS) is 23.7. The Kier molecular flexibility index (Phi) is 4.70. The summed E-state index contributed by atoms with van der Waals surface area (Å²) in [7, 11) is 0. The molecule has 0 radical (unpaired) electrons. The minimum absolute atomic E-state index is 0.120. The van der Waals surface area contributed by atoms with Crippen LogP contribution in [0.2, 0.25) is 0 Å². The molecule has 0 aromatic heterocycles. The molecule has 1 aromatic rings. The van der Waals surface area contributed by atoms with Crippen molar-refractivity contribution in [1.82, 2.24) is 10.6 Å². The summed E-state index contributed by atoms with van der Waals surface area (Å²) in [5.41, 5.74) is 3.00. The summed E-state index contributed by atoms with van der Waals surface area (Å²) in [5.74, 6) is 3.19. The van der Waals surface area contributed by atoms with Crippen molar-refractivity contribution < 1.29 is 4.39 Å². The van der Waals surface area contributed by atoms with Gasteiger partial charge in [-0.25, -0.2) is 4.39 Å². The Morgan fingerprint density at radius 1 is 1.39 bits per heavy atom. The van der Waals surface area contributed by atoms with Gasteiger partial charge in [-0.05, 0) is 56.7 Å².